The summed E-state index contributed by atoms with van der Waals surface area (Å²) in [6.45, 7) is 3.15. The predicted molar refractivity (Wildman–Crippen MR) is 205 cm³/mol. The minimum absolute atomic E-state index is 0.788. The van der Waals surface area contributed by atoms with Crippen LogP contribution >= 0.6 is 0 Å². The monoisotopic (exact) mass is 672 g/mol. The molecule has 0 amide bonds. The maximum absolute atomic E-state index is 2.35. The Morgan fingerprint density at radius 3 is 0.750 bits per heavy atom. The van der Waals surface area contributed by atoms with E-state index in [2.05, 4.69) is 213 Å². The fourth-order valence-corrected chi connectivity index (χ4v) is 7.57. The fourth-order valence-electron chi connectivity index (χ4n) is 7.57. The SMILES string of the molecule is c1cc2cc(c1)C[n+]1ccccc1-c1ccc(cc1)-c1cccc[n+]1Cc1cccc(c1)C[n+]1ccccc1-c1ccc(cc1)-c1cccc[n+]1C2. The van der Waals surface area contributed by atoms with Gasteiger partial charge >= 0.3 is 0 Å². The molecule has 0 saturated carbocycles. The summed E-state index contributed by atoms with van der Waals surface area (Å²) < 4.78 is 9.42. The molecule has 8 heterocycles. The van der Waals surface area contributed by atoms with Gasteiger partial charge in [-0.15, -0.1) is 0 Å². The minimum atomic E-state index is 0.788. The van der Waals surface area contributed by atoms with E-state index in [4.69, 9.17) is 0 Å². The Balaban J connectivity index is 1.15. The average Bonchev–Trinajstić information content (AvgIpc) is 3.19. The summed E-state index contributed by atoms with van der Waals surface area (Å²) in [5.41, 5.74) is 14.7. The van der Waals surface area contributed by atoms with E-state index in [1.807, 2.05) is 0 Å². The van der Waals surface area contributed by atoms with Gasteiger partial charge in [-0.1, -0.05) is 36.4 Å². The lowest BCUT2D eigenvalue weighted by Gasteiger charge is -2.09. The Morgan fingerprint density at radius 2 is 0.500 bits per heavy atom. The van der Waals surface area contributed by atoms with Crippen molar-refractivity contribution in [2.45, 2.75) is 26.2 Å². The van der Waals surface area contributed by atoms with Gasteiger partial charge in [0.2, 0.25) is 22.8 Å². The average molecular weight is 673 g/mol. The second-order valence-corrected chi connectivity index (χ2v) is 13.6. The highest BCUT2D eigenvalue weighted by atomic mass is 15.0. The van der Waals surface area contributed by atoms with E-state index in [-0.39, 0.29) is 0 Å². The number of rotatable bonds is 0. The Hall–Kier alpha value is -6.52. The van der Waals surface area contributed by atoms with Gasteiger partial charge in [0.15, 0.2) is 51.0 Å². The molecule has 4 aliphatic rings. The molecule has 0 N–H and O–H groups in total. The lowest BCUT2D eigenvalue weighted by molar-refractivity contribution is -0.678. The van der Waals surface area contributed by atoms with E-state index in [1.54, 1.807) is 0 Å². The van der Waals surface area contributed by atoms with Crippen LogP contribution in [0.1, 0.15) is 22.3 Å². The van der Waals surface area contributed by atoms with Crippen LogP contribution in [0.3, 0.4) is 0 Å². The van der Waals surface area contributed by atoms with Gasteiger partial charge in [0.25, 0.3) is 0 Å². The van der Waals surface area contributed by atoms with Crippen LogP contribution in [-0.2, 0) is 26.2 Å². The van der Waals surface area contributed by atoms with Gasteiger partial charge in [0.1, 0.15) is 0 Å². The third kappa shape index (κ3) is 6.55. The first-order chi connectivity index (χ1) is 25.7. The molecule has 0 atom stereocenters. The van der Waals surface area contributed by atoms with Gasteiger partial charge < -0.3 is 0 Å². The van der Waals surface area contributed by atoms with Crippen molar-refractivity contribution in [2.24, 2.45) is 0 Å². The van der Waals surface area contributed by atoms with Crippen molar-refractivity contribution in [1.82, 2.24) is 0 Å². The normalized spacial score (nSPS) is 12.3. The zero-order valence-corrected chi connectivity index (χ0v) is 29.1. The van der Waals surface area contributed by atoms with Crippen molar-refractivity contribution in [1.29, 1.82) is 0 Å². The van der Waals surface area contributed by atoms with Crippen molar-refractivity contribution in [3.05, 3.63) is 217 Å². The van der Waals surface area contributed by atoms with Crippen molar-refractivity contribution >= 4 is 0 Å². The maximum atomic E-state index is 2.35. The summed E-state index contributed by atoms with van der Waals surface area (Å²) in [4.78, 5) is 0. The van der Waals surface area contributed by atoms with Crippen LogP contribution in [0.25, 0.3) is 45.0 Å². The first-order valence-corrected chi connectivity index (χ1v) is 18.0. The van der Waals surface area contributed by atoms with Crippen molar-refractivity contribution in [2.75, 3.05) is 0 Å². The molecule has 248 valence electrons. The number of aromatic nitrogens is 4. The van der Waals surface area contributed by atoms with Gasteiger partial charge in [-0.3, -0.25) is 0 Å². The smallest absolute Gasteiger partial charge is 0.194 e. The molecule has 4 aliphatic heterocycles. The molecule has 4 aromatic carbocycles. The lowest BCUT2D eigenvalue weighted by Crippen LogP contribution is -2.38. The number of nitrogens with zero attached hydrogens (tertiary/aromatic N) is 4. The largest absolute Gasteiger partial charge is 0.212 e. The van der Waals surface area contributed by atoms with E-state index in [0.29, 0.717) is 0 Å². The Labute approximate surface area is 305 Å². The van der Waals surface area contributed by atoms with Crippen LogP contribution in [-0.4, -0.2) is 0 Å². The molecule has 0 radical (unpaired) electrons. The summed E-state index contributed by atoms with van der Waals surface area (Å²) in [5.74, 6) is 0. The number of benzene rings is 4. The Bertz CT molecular complexity index is 2170. The molecular weight excluding hydrogens is 633 g/mol. The number of pyridine rings is 4. The summed E-state index contributed by atoms with van der Waals surface area (Å²) in [6, 6.07) is 62.0. The standard InChI is InChI=1S/C48H40N4/c1-5-27-49-33-37-11-9-12-38(31-37)34-51-29-7-3-17-47(51)43-23-25-44(26-24-43)48-18-4-8-30-52(48)36-40-14-10-13-39(32-40)35-50-28-6-2-16-46(50)42-21-19-41(20-22-42)45(49)15-1/h1-32H,33-36H2/q+4. The zero-order valence-electron chi connectivity index (χ0n) is 29.1. The molecule has 4 nitrogen and oxygen atoms in total. The van der Waals surface area contributed by atoms with E-state index in [0.717, 1.165) is 26.2 Å². The molecular formula is C48H40N4+4. The summed E-state index contributed by atoms with van der Waals surface area (Å²) in [5, 5.41) is 0. The van der Waals surface area contributed by atoms with Crippen LogP contribution in [0.15, 0.2) is 195 Å². The molecule has 0 unspecified atom stereocenters. The molecule has 4 aromatic heterocycles. The van der Waals surface area contributed by atoms with Crippen LogP contribution in [0.4, 0.5) is 0 Å². The Morgan fingerprint density at radius 1 is 0.250 bits per heavy atom. The molecule has 0 spiro atoms. The van der Waals surface area contributed by atoms with Crippen molar-refractivity contribution < 1.29 is 18.3 Å². The van der Waals surface area contributed by atoms with Crippen LogP contribution in [0.5, 0.6) is 0 Å². The minimum Gasteiger partial charge on any atom is -0.194 e. The molecule has 0 fully saturated rings. The Kier molecular flexibility index (Phi) is 8.47. The van der Waals surface area contributed by atoms with Gasteiger partial charge in [0, 0.05) is 93.0 Å². The number of hydrogen-bond acceptors (Lipinski definition) is 0. The quantitative estimate of drug-likeness (QED) is 0.145. The van der Waals surface area contributed by atoms with E-state index >= 15 is 0 Å². The topological polar surface area (TPSA) is 15.5 Å². The predicted octanol–water partition coefficient (Wildman–Crippen LogP) is 8.01. The van der Waals surface area contributed by atoms with E-state index < -0.39 is 0 Å². The lowest BCUT2D eigenvalue weighted by atomic mass is 10.0. The van der Waals surface area contributed by atoms with Crippen molar-refractivity contribution in [3.8, 4) is 45.0 Å². The van der Waals surface area contributed by atoms with Crippen LogP contribution < -0.4 is 18.3 Å². The zero-order chi connectivity index (χ0) is 34.7. The highest BCUT2D eigenvalue weighted by Crippen LogP contribution is 2.24. The first kappa shape index (κ1) is 31.5. The highest BCUT2D eigenvalue weighted by Gasteiger charge is 2.20. The van der Waals surface area contributed by atoms with Crippen LogP contribution in [0.2, 0.25) is 0 Å². The molecule has 4 heteroatoms. The molecule has 8 bridgehead atoms. The highest BCUT2D eigenvalue weighted by molar-refractivity contribution is 5.65. The number of hydrogen-bond donors (Lipinski definition) is 0. The molecule has 0 aliphatic carbocycles. The summed E-state index contributed by atoms with van der Waals surface area (Å²) >= 11 is 0. The second kappa shape index (κ2) is 14.0. The fraction of sp³-hybridized carbons (Fsp3) is 0.0833. The molecule has 52 heavy (non-hydrogen) atoms. The van der Waals surface area contributed by atoms with E-state index in [9.17, 15) is 0 Å². The van der Waals surface area contributed by atoms with Crippen LogP contribution in [0, 0.1) is 0 Å². The van der Waals surface area contributed by atoms with Gasteiger partial charge in [0.05, 0.1) is 0 Å². The third-order valence-electron chi connectivity index (χ3n) is 10.1. The first-order valence-electron chi connectivity index (χ1n) is 18.0. The van der Waals surface area contributed by atoms with Crippen molar-refractivity contribution in [3.63, 3.8) is 0 Å². The summed E-state index contributed by atoms with van der Waals surface area (Å²) in [6.07, 6.45) is 8.76. The molecule has 12 rings (SSSR count). The molecule has 8 aromatic rings. The van der Waals surface area contributed by atoms with E-state index in [1.165, 1.54) is 67.3 Å². The molecule has 0 saturated heterocycles. The van der Waals surface area contributed by atoms with Gasteiger partial charge in [-0.25, -0.2) is 0 Å². The van der Waals surface area contributed by atoms with Gasteiger partial charge in [-0.2, -0.15) is 18.3 Å². The summed E-state index contributed by atoms with van der Waals surface area (Å²) in [7, 11) is 0. The second-order valence-electron chi connectivity index (χ2n) is 13.6. The van der Waals surface area contributed by atoms with Gasteiger partial charge in [-0.05, 0) is 84.9 Å². The third-order valence-corrected chi connectivity index (χ3v) is 10.1. The maximum Gasteiger partial charge on any atom is 0.212 e.